The molecular formula is C24H19O3P. The number of carbonyl (C=O) groups excluding carboxylic acids is 2. The quantitative estimate of drug-likeness (QED) is 0.390. The second kappa shape index (κ2) is 9.07. The summed E-state index contributed by atoms with van der Waals surface area (Å²) in [5.41, 5.74) is 2.74. The Morgan fingerprint density at radius 1 is 0.571 bits per heavy atom. The molecule has 0 amide bonds. The van der Waals surface area contributed by atoms with E-state index in [4.69, 9.17) is 0 Å². The van der Waals surface area contributed by atoms with Crippen LogP contribution in [0.5, 0.6) is 0 Å². The van der Waals surface area contributed by atoms with Crippen molar-refractivity contribution in [3.8, 4) is 0 Å². The molecule has 3 rings (SSSR count). The summed E-state index contributed by atoms with van der Waals surface area (Å²) in [6.07, 6.45) is 5.11. The standard InChI is InChI=1S/C24H19O3P/c25-18-22-8-4-6-20(16-22)12-14-28(27,24-10-2-1-3-11-24)15-13-21-7-5-9-23(17-21)19-26/h1-19H/b14-12+,15-13+. The van der Waals surface area contributed by atoms with E-state index in [1.165, 1.54) is 0 Å². The maximum atomic E-state index is 13.8. The van der Waals surface area contributed by atoms with Crippen molar-refractivity contribution in [2.24, 2.45) is 0 Å². The Balaban J connectivity index is 1.99. The van der Waals surface area contributed by atoms with Crippen LogP contribution in [-0.2, 0) is 4.57 Å². The van der Waals surface area contributed by atoms with Crippen LogP contribution in [0, 0.1) is 0 Å². The molecule has 0 saturated carbocycles. The number of benzene rings is 3. The largest absolute Gasteiger partial charge is 0.310 e. The first-order valence-electron chi connectivity index (χ1n) is 8.77. The molecule has 0 N–H and O–H groups in total. The third-order valence-electron chi connectivity index (χ3n) is 4.23. The summed E-state index contributed by atoms with van der Waals surface area (Å²) in [5, 5.41) is 0.709. The highest BCUT2D eigenvalue weighted by atomic mass is 31.2. The van der Waals surface area contributed by atoms with Crippen molar-refractivity contribution >= 4 is 37.2 Å². The number of hydrogen-bond acceptors (Lipinski definition) is 3. The summed E-state index contributed by atoms with van der Waals surface area (Å²) in [4.78, 5) is 22.0. The van der Waals surface area contributed by atoms with Gasteiger partial charge in [0.25, 0.3) is 0 Å². The van der Waals surface area contributed by atoms with Crippen molar-refractivity contribution in [1.29, 1.82) is 0 Å². The fourth-order valence-corrected chi connectivity index (χ4v) is 4.62. The van der Waals surface area contributed by atoms with Crippen LogP contribution in [0.25, 0.3) is 12.2 Å². The number of aldehydes is 2. The zero-order valence-corrected chi connectivity index (χ0v) is 16.0. The predicted molar refractivity (Wildman–Crippen MR) is 115 cm³/mol. The molecule has 3 aromatic carbocycles. The third-order valence-corrected chi connectivity index (χ3v) is 6.52. The van der Waals surface area contributed by atoms with Crippen molar-refractivity contribution in [3.05, 3.63) is 113 Å². The SMILES string of the molecule is O=Cc1cccc(/C=C/P(=O)(/C=C/c2cccc(C=O)c2)c2ccccc2)c1. The van der Waals surface area contributed by atoms with Crippen LogP contribution in [0.3, 0.4) is 0 Å². The van der Waals surface area contributed by atoms with Crippen LogP contribution in [-0.4, -0.2) is 12.6 Å². The first-order valence-corrected chi connectivity index (χ1v) is 10.6. The van der Waals surface area contributed by atoms with E-state index in [2.05, 4.69) is 0 Å². The Labute approximate surface area is 164 Å². The average molecular weight is 386 g/mol. The van der Waals surface area contributed by atoms with E-state index < -0.39 is 7.14 Å². The molecule has 0 aliphatic rings. The van der Waals surface area contributed by atoms with Gasteiger partial charge >= 0.3 is 0 Å². The summed E-state index contributed by atoms with van der Waals surface area (Å²) < 4.78 is 13.8. The van der Waals surface area contributed by atoms with Crippen LogP contribution >= 0.6 is 7.14 Å². The van der Waals surface area contributed by atoms with Gasteiger partial charge < -0.3 is 4.57 Å². The molecular weight excluding hydrogens is 367 g/mol. The van der Waals surface area contributed by atoms with Crippen molar-refractivity contribution in [3.63, 3.8) is 0 Å². The summed E-state index contributed by atoms with van der Waals surface area (Å²) in [6.45, 7) is 0. The first-order chi connectivity index (χ1) is 13.6. The van der Waals surface area contributed by atoms with Gasteiger partial charge in [0.2, 0.25) is 0 Å². The molecule has 0 radical (unpaired) electrons. The Morgan fingerprint density at radius 2 is 1.04 bits per heavy atom. The minimum Gasteiger partial charge on any atom is -0.310 e. The Kier molecular flexibility index (Phi) is 6.31. The normalized spacial score (nSPS) is 11.7. The number of rotatable bonds is 7. The van der Waals surface area contributed by atoms with Crippen LogP contribution < -0.4 is 5.30 Å². The Bertz CT molecular complexity index is 1020. The van der Waals surface area contributed by atoms with Gasteiger partial charge in [0, 0.05) is 16.4 Å². The summed E-state index contributed by atoms with van der Waals surface area (Å²) in [6, 6.07) is 23.5. The lowest BCUT2D eigenvalue weighted by molar-refractivity contribution is 0.111. The number of hydrogen-bond donors (Lipinski definition) is 0. The molecule has 3 aromatic rings. The maximum absolute atomic E-state index is 13.8. The molecule has 0 unspecified atom stereocenters. The molecule has 0 aliphatic carbocycles. The third kappa shape index (κ3) is 4.91. The fourth-order valence-electron chi connectivity index (χ4n) is 2.75. The topological polar surface area (TPSA) is 51.2 Å². The first kappa shape index (κ1) is 19.5. The highest BCUT2D eigenvalue weighted by Crippen LogP contribution is 2.48. The highest BCUT2D eigenvalue weighted by molar-refractivity contribution is 7.77. The lowest BCUT2D eigenvalue weighted by Crippen LogP contribution is -1.99. The second-order valence-electron chi connectivity index (χ2n) is 6.25. The molecule has 0 atom stereocenters. The van der Waals surface area contributed by atoms with Crippen molar-refractivity contribution in [2.75, 3.05) is 0 Å². The maximum Gasteiger partial charge on any atom is 0.157 e. The van der Waals surface area contributed by atoms with E-state index in [1.807, 2.05) is 42.5 Å². The predicted octanol–water partition coefficient (Wildman–Crippen LogP) is 5.64. The van der Waals surface area contributed by atoms with Gasteiger partial charge in [0.15, 0.2) is 7.14 Å². The van der Waals surface area contributed by atoms with Crippen LogP contribution in [0.4, 0.5) is 0 Å². The molecule has 0 aromatic heterocycles. The van der Waals surface area contributed by atoms with Crippen molar-refractivity contribution in [2.45, 2.75) is 0 Å². The molecule has 138 valence electrons. The van der Waals surface area contributed by atoms with Gasteiger partial charge in [0.05, 0.1) is 0 Å². The van der Waals surface area contributed by atoms with E-state index >= 15 is 0 Å². The minimum absolute atomic E-state index is 0.568. The van der Waals surface area contributed by atoms with Gasteiger partial charge in [-0.1, -0.05) is 78.9 Å². The van der Waals surface area contributed by atoms with Gasteiger partial charge in [0.1, 0.15) is 12.6 Å². The lowest BCUT2D eigenvalue weighted by atomic mass is 10.1. The van der Waals surface area contributed by atoms with E-state index in [9.17, 15) is 14.2 Å². The summed E-state index contributed by atoms with van der Waals surface area (Å²) in [7, 11) is -2.99. The molecule has 28 heavy (non-hydrogen) atoms. The molecule has 0 heterocycles. The van der Waals surface area contributed by atoms with E-state index in [0.29, 0.717) is 16.4 Å². The van der Waals surface area contributed by atoms with Gasteiger partial charge in [-0.2, -0.15) is 0 Å². The van der Waals surface area contributed by atoms with Gasteiger partial charge in [-0.15, -0.1) is 0 Å². The number of carbonyl (C=O) groups is 2. The molecule has 4 heteroatoms. The van der Waals surface area contributed by atoms with Crippen LogP contribution in [0.2, 0.25) is 0 Å². The average Bonchev–Trinajstić information content (AvgIpc) is 2.77. The van der Waals surface area contributed by atoms with Crippen LogP contribution in [0.1, 0.15) is 31.8 Å². The van der Waals surface area contributed by atoms with E-state index in [1.54, 1.807) is 60.2 Å². The Morgan fingerprint density at radius 3 is 1.50 bits per heavy atom. The molecule has 0 fully saturated rings. The Hall–Kier alpha value is -3.29. The van der Waals surface area contributed by atoms with E-state index in [0.717, 1.165) is 23.7 Å². The highest BCUT2D eigenvalue weighted by Gasteiger charge is 2.17. The minimum atomic E-state index is -2.99. The fraction of sp³-hybridized carbons (Fsp3) is 0. The van der Waals surface area contributed by atoms with Crippen molar-refractivity contribution in [1.82, 2.24) is 0 Å². The molecule has 0 saturated heterocycles. The van der Waals surface area contributed by atoms with Crippen molar-refractivity contribution < 1.29 is 14.2 Å². The monoisotopic (exact) mass is 386 g/mol. The van der Waals surface area contributed by atoms with Gasteiger partial charge in [-0.25, -0.2) is 0 Å². The molecule has 0 aliphatic heterocycles. The second-order valence-corrected chi connectivity index (χ2v) is 8.78. The summed E-state index contributed by atoms with van der Waals surface area (Å²) in [5.74, 6) is 3.37. The lowest BCUT2D eigenvalue weighted by Gasteiger charge is -2.10. The molecule has 3 nitrogen and oxygen atoms in total. The molecule has 0 bridgehead atoms. The zero-order chi connectivity index (χ0) is 19.8. The van der Waals surface area contributed by atoms with Crippen LogP contribution in [0.15, 0.2) is 90.5 Å². The molecule has 0 spiro atoms. The zero-order valence-electron chi connectivity index (χ0n) is 15.1. The van der Waals surface area contributed by atoms with E-state index in [-0.39, 0.29) is 0 Å². The smallest absolute Gasteiger partial charge is 0.157 e. The van der Waals surface area contributed by atoms with Gasteiger partial charge in [-0.05, 0) is 34.9 Å². The van der Waals surface area contributed by atoms with Gasteiger partial charge in [-0.3, -0.25) is 9.59 Å². The summed E-state index contributed by atoms with van der Waals surface area (Å²) >= 11 is 0.